The molecule has 0 saturated carbocycles. The minimum absolute atomic E-state index is 0.0230. The molecule has 0 aliphatic carbocycles. The number of carbonyl (C=O) groups is 1. The molecule has 0 radical (unpaired) electrons. The number of para-hydroxylation sites is 1. The normalized spacial score (nSPS) is 11.0. The first-order valence-electron chi connectivity index (χ1n) is 5.54. The van der Waals surface area contributed by atoms with Gasteiger partial charge >= 0.3 is 0 Å². The smallest absolute Gasteiger partial charge is 0.242 e. The van der Waals surface area contributed by atoms with Gasteiger partial charge in [-0.05, 0) is 12.1 Å². The van der Waals surface area contributed by atoms with E-state index in [2.05, 4.69) is 15.4 Å². The summed E-state index contributed by atoms with van der Waals surface area (Å²) >= 11 is 0. The van der Waals surface area contributed by atoms with Gasteiger partial charge in [-0.3, -0.25) is 4.79 Å². The van der Waals surface area contributed by atoms with Gasteiger partial charge in [0.05, 0.1) is 12.2 Å². The van der Waals surface area contributed by atoms with Gasteiger partial charge in [0.25, 0.3) is 0 Å². The molecule has 1 amide bonds. The summed E-state index contributed by atoms with van der Waals surface area (Å²) in [6, 6.07) is 6.45. The third-order valence-electron chi connectivity index (χ3n) is 2.23. The van der Waals surface area contributed by atoms with Crippen molar-refractivity contribution in [1.29, 1.82) is 0 Å². The fourth-order valence-corrected chi connectivity index (χ4v) is 2.60. The predicted molar refractivity (Wildman–Crippen MR) is 69.9 cm³/mol. The monoisotopic (exact) mass is 271 g/mol. The first-order valence-corrected chi connectivity index (χ1v) is 7.02. The Balaban J connectivity index is 2.96. The highest BCUT2D eigenvalue weighted by Crippen LogP contribution is 2.20. The minimum atomic E-state index is -3.54. The molecule has 18 heavy (non-hydrogen) atoms. The molecular formula is C11H17N3O3S. The van der Waals surface area contributed by atoms with Crippen LogP contribution in [0.3, 0.4) is 0 Å². The van der Waals surface area contributed by atoms with Crippen molar-refractivity contribution in [3.05, 3.63) is 24.3 Å². The van der Waals surface area contributed by atoms with E-state index >= 15 is 0 Å². The summed E-state index contributed by atoms with van der Waals surface area (Å²) in [6.45, 7) is 2.04. The molecule has 0 bridgehead atoms. The number of benzene rings is 1. The highest BCUT2D eigenvalue weighted by atomic mass is 32.2. The van der Waals surface area contributed by atoms with Crippen molar-refractivity contribution in [3.8, 4) is 0 Å². The van der Waals surface area contributed by atoms with Crippen LogP contribution < -0.4 is 15.4 Å². The van der Waals surface area contributed by atoms with Gasteiger partial charge in [-0.1, -0.05) is 19.1 Å². The van der Waals surface area contributed by atoms with Crippen molar-refractivity contribution in [3.63, 3.8) is 0 Å². The lowest BCUT2D eigenvalue weighted by Crippen LogP contribution is -2.28. The van der Waals surface area contributed by atoms with Crippen LogP contribution in [0.2, 0.25) is 0 Å². The second-order valence-electron chi connectivity index (χ2n) is 3.52. The fraction of sp³-hybridized carbons (Fsp3) is 0.364. The fourth-order valence-electron chi connectivity index (χ4n) is 1.38. The average molecular weight is 271 g/mol. The Morgan fingerprint density at radius 2 is 1.94 bits per heavy atom. The molecule has 0 atom stereocenters. The summed E-state index contributed by atoms with van der Waals surface area (Å²) in [5, 5.41) is 5.25. The van der Waals surface area contributed by atoms with E-state index in [1.54, 1.807) is 25.1 Å². The first kappa shape index (κ1) is 14.5. The zero-order valence-corrected chi connectivity index (χ0v) is 11.2. The number of anilines is 1. The van der Waals surface area contributed by atoms with Crippen molar-refractivity contribution >= 4 is 21.6 Å². The molecule has 7 heteroatoms. The third kappa shape index (κ3) is 3.71. The topological polar surface area (TPSA) is 87.3 Å². The van der Waals surface area contributed by atoms with E-state index in [9.17, 15) is 13.2 Å². The maximum Gasteiger partial charge on any atom is 0.242 e. The average Bonchev–Trinajstić information content (AvgIpc) is 2.36. The predicted octanol–water partition coefficient (Wildman–Crippen LogP) is 0.143. The number of carbonyl (C=O) groups excluding carboxylic acids is 1. The number of rotatable bonds is 6. The van der Waals surface area contributed by atoms with Crippen LogP contribution in [-0.2, 0) is 14.8 Å². The molecule has 0 heterocycles. The zero-order chi connectivity index (χ0) is 13.6. The van der Waals surface area contributed by atoms with Crippen molar-refractivity contribution in [2.75, 3.05) is 25.5 Å². The van der Waals surface area contributed by atoms with Crippen LogP contribution in [0.4, 0.5) is 5.69 Å². The van der Waals surface area contributed by atoms with Gasteiger partial charge in [0, 0.05) is 13.6 Å². The van der Waals surface area contributed by atoms with Crippen LogP contribution in [-0.4, -0.2) is 34.5 Å². The summed E-state index contributed by atoms with van der Waals surface area (Å²) < 4.78 is 26.2. The Bertz CT molecular complexity index is 514. The Morgan fingerprint density at radius 3 is 2.56 bits per heavy atom. The molecule has 0 saturated heterocycles. The molecule has 6 nitrogen and oxygen atoms in total. The lowest BCUT2D eigenvalue weighted by atomic mass is 10.3. The van der Waals surface area contributed by atoms with Gasteiger partial charge in [0.1, 0.15) is 4.90 Å². The van der Waals surface area contributed by atoms with E-state index in [0.717, 1.165) is 0 Å². The molecule has 1 rings (SSSR count). The first-order chi connectivity index (χ1) is 8.51. The van der Waals surface area contributed by atoms with Crippen molar-refractivity contribution < 1.29 is 13.2 Å². The quantitative estimate of drug-likeness (QED) is 0.687. The zero-order valence-electron chi connectivity index (χ0n) is 10.4. The highest BCUT2D eigenvalue weighted by molar-refractivity contribution is 7.89. The summed E-state index contributed by atoms with van der Waals surface area (Å²) in [7, 11) is -2.02. The van der Waals surface area contributed by atoms with Gasteiger partial charge in [0.2, 0.25) is 15.9 Å². The van der Waals surface area contributed by atoms with E-state index in [1.807, 2.05) is 0 Å². The van der Waals surface area contributed by atoms with Crippen LogP contribution in [0.1, 0.15) is 6.92 Å². The summed E-state index contributed by atoms with van der Waals surface area (Å²) in [5.74, 6) is -0.217. The van der Waals surface area contributed by atoms with Crippen molar-refractivity contribution in [2.45, 2.75) is 11.8 Å². The van der Waals surface area contributed by atoms with E-state index in [-0.39, 0.29) is 17.3 Å². The van der Waals surface area contributed by atoms with Gasteiger partial charge in [-0.15, -0.1) is 0 Å². The molecule has 1 aromatic rings. The Labute approximate surface area is 107 Å². The number of sulfonamides is 1. The van der Waals surface area contributed by atoms with Crippen LogP contribution in [0.5, 0.6) is 0 Å². The molecule has 0 fully saturated rings. The Morgan fingerprint density at radius 1 is 1.28 bits per heavy atom. The molecular weight excluding hydrogens is 254 g/mol. The van der Waals surface area contributed by atoms with Crippen LogP contribution >= 0.6 is 0 Å². The molecule has 1 aromatic carbocycles. The Hall–Kier alpha value is -1.60. The number of likely N-dealkylation sites (N-methyl/N-ethyl adjacent to an activating group) is 1. The minimum Gasteiger partial charge on any atom is -0.375 e. The number of hydrogen-bond donors (Lipinski definition) is 3. The third-order valence-corrected chi connectivity index (χ3v) is 3.83. The maximum absolute atomic E-state index is 11.9. The van der Waals surface area contributed by atoms with Crippen LogP contribution in [0.15, 0.2) is 29.2 Å². The van der Waals surface area contributed by atoms with Crippen molar-refractivity contribution in [2.24, 2.45) is 0 Å². The summed E-state index contributed by atoms with van der Waals surface area (Å²) in [6.07, 6.45) is 0. The largest absolute Gasteiger partial charge is 0.375 e. The molecule has 0 spiro atoms. The van der Waals surface area contributed by atoms with E-state index in [1.165, 1.54) is 13.1 Å². The SMILES string of the molecule is CCNS(=O)(=O)c1ccccc1NCC(=O)NC. The number of amides is 1. The van der Waals surface area contributed by atoms with Gasteiger partial charge in [0.15, 0.2) is 0 Å². The summed E-state index contributed by atoms with van der Waals surface area (Å²) in [5.41, 5.74) is 0.405. The van der Waals surface area contributed by atoms with Crippen LogP contribution in [0, 0.1) is 0 Å². The Kier molecular flexibility index (Phi) is 5.11. The molecule has 0 aliphatic rings. The molecule has 0 aliphatic heterocycles. The highest BCUT2D eigenvalue weighted by Gasteiger charge is 2.16. The van der Waals surface area contributed by atoms with Gasteiger partial charge < -0.3 is 10.6 Å². The van der Waals surface area contributed by atoms with E-state index in [0.29, 0.717) is 12.2 Å². The molecule has 3 N–H and O–H groups in total. The lowest BCUT2D eigenvalue weighted by molar-refractivity contribution is -0.118. The summed E-state index contributed by atoms with van der Waals surface area (Å²) in [4.78, 5) is 11.3. The van der Waals surface area contributed by atoms with Gasteiger partial charge in [-0.2, -0.15) is 0 Å². The maximum atomic E-state index is 11.9. The van der Waals surface area contributed by atoms with Crippen molar-refractivity contribution in [1.82, 2.24) is 10.0 Å². The van der Waals surface area contributed by atoms with Crippen LogP contribution in [0.25, 0.3) is 0 Å². The van der Waals surface area contributed by atoms with E-state index < -0.39 is 10.0 Å². The molecule has 0 unspecified atom stereocenters. The molecule has 100 valence electrons. The standard InChI is InChI=1S/C11H17N3O3S/c1-3-14-18(16,17)10-7-5-4-6-9(10)13-8-11(15)12-2/h4-7,13-14H,3,8H2,1-2H3,(H,12,15). The van der Waals surface area contributed by atoms with Gasteiger partial charge in [-0.25, -0.2) is 13.1 Å². The lowest BCUT2D eigenvalue weighted by Gasteiger charge is -2.12. The van der Waals surface area contributed by atoms with E-state index in [4.69, 9.17) is 0 Å². The number of nitrogens with one attached hydrogen (secondary N) is 3. The second-order valence-corrected chi connectivity index (χ2v) is 5.26. The number of hydrogen-bond acceptors (Lipinski definition) is 4. The second kappa shape index (κ2) is 6.36. The molecule has 0 aromatic heterocycles.